The fourth-order valence-corrected chi connectivity index (χ4v) is 2.33. The predicted octanol–water partition coefficient (Wildman–Crippen LogP) is 3.63. The Morgan fingerprint density at radius 2 is 1.81 bits per heavy atom. The van der Waals surface area contributed by atoms with Crippen LogP contribution in [0.25, 0.3) is 11.0 Å². The van der Waals surface area contributed by atoms with E-state index in [1.165, 1.54) is 22.1 Å². The van der Waals surface area contributed by atoms with Gasteiger partial charge in [0.05, 0.1) is 6.54 Å². The summed E-state index contributed by atoms with van der Waals surface area (Å²) in [6.45, 7) is 9.05. The fraction of sp³-hybridized carbons (Fsp3) is 0.429. The van der Waals surface area contributed by atoms with Crippen LogP contribution in [0, 0.1) is 13.8 Å². The summed E-state index contributed by atoms with van der Waals surface area (Å²) in [5.74, 6) is 1.38. The molecule has 0 amide bonds. The van der Waals surface area contributed by atoms with Crippen molar-refractivity contribution in [1.29, 1.82) is 0 Å². The predicted molar refractivity (Wildman–Crippen MR) is 67.7 cm³/mol. The summed E-state index contributed by atoms with van der Waals surface area (Å²) in [4.78, 5) is 0. The zero-order valence-electron chi connectivity index (χ0n) is 10.4. The second-order valence-corrected chi connectivity index (χ2v) is 4.70. The second-order valence-electron chi connectivity index (χ2n) is 4.70. The van der Waals surface area contributed by atoms with Gasteiger partial charge in [-0.2, -0.15) is 0 Å². The molecule has 2 heteroatoms. The van der Waals surface area contributed by atoms with Crippen LogP contribution in [0.1, 0.15) is 42.2 Å². The molecule has 0 aliphatic heterocycles. The zero-order valence-corrected chi connectivity index (χ0v) is 10.4. The number of aryl methyl sites for hydroxylation is 2. The lowest BCUT2D eigenvalue weighted by Gasteiger charge is -2.06. The highest BCUT2D eigenvalue weighted by Gasteiger charge is 2.18. The minimum Gasteiger partial charge on any atom is -0.459 e. The molecule has 2 N–H and O–H groups in total. The third kappa shape index (κ3) is 1.54. The number of hydrogen-bond donors (Lipinski definition) is 1. The summed E-state index contributed by atoms with van der Waals surface area (Å²) in [5.41, 5.74) is 10.5. The molecule has 0 aliphatic rings. The molecular weight excluding hydrogens is 198 g/mol. The van der Waals surface area contributed by atoms with Gasteiger partial charge < -0.3 is 10.2 Å². The van der Waals surface area contributed by atoms with Crippen LogP contribution in [0.4, 0.5) is 0 Å². The van der Waals surface area contributed by atoms with E-state index < -0.39 is 0 Å². The monoisotopic (exact) mass is 217 g/mol. The van der Waals surface area contributed by atoms with Crippen molar-refractivity contribution in [3.05, 3.63) is 34.6 Å². The Labute approximate surface area is 96.4 Å². The number of benzene rings is 1. The fourth-order valence-electron chi connectivity index (χ4n) is 2.33. The van der Waals surface area contributed by atoms with Crippen LogP contribution in [0.5, 0.6) is 0 Å². The first kappa shape index (κ1) is 11.2. The maximum Gasteiger partial charge on any atom is 0.137 e. The van der Waals surface area contributed by atoms with Crippen molar-refractivity contribution in [2.75, 3.05) is 0 Å². The van der Waals surface area contributed by atoms with E-state index in [4.69, 9.17) is 10.2 Å². The van der Waals surface area contributed by atoms with E-state index in [1.54, 1.807) is 0 Å². The lowest BCUT2D eigenvalue weighted by molar-refractivity contribution is 0.540. The number of rotatable bonds is 2. The van der Waals surface area contributed by atoms with Gasteiger partial charge in [0.1, 0.15) is 11.3 Å². The molecule has 0 radical (unpaired) electrons. The van der Waals surface area contributed by atoms with Gasteiger partial charge >= 0.3 is 0 Å². The number of fused-ring (bicyclic) bond motifs is 1. The molecule has 0 bridgehead atoms. The molecule has 1 aromatic heterocycles. The van der Waals surface area contributed by atoms with E-state index in [9.17, 15) is 0 Å². The van der Waals surface area contributed by atoms with Gasteiger partial charge in [-0.25, -0.2) is 0 Å². The lowest BCUT2D eigenvalue weighted by atomic mass is 9.95. The van der Waals surface area contributed by atoms with Crippen molar-refractivity contribution < 1.29 is 4.42 Å². The first-order valence-corrected chi connectivity index (χ1v) is 5.77. The van der Waals surface area contributed by atoms with Gasteiger partial charge in [-0.05, 0) is 30.9 Å². The maximum absolute atomic E-state index is 5.90. The van der Waals surface area contributed by atoms with Crippen molar-refractivity contribution in [3.8, 4) is 0 Å². The van der Waals surface area contributed by atoms with Crippen LogP contribution >= 0.6 is 0 Å². The Bertz CT molecular complexity index is 523. The molecule has 0 unspecified atom stereocenters. The molecule has 0 saturated carbocycles. The van der Waals surface area contributed by atoms with Gasteiger partial charge in [0, 0.05) is 10.9 Å². The van der Waals surface area contributed by atoms with Gasteiger partial charge in [-0.3, -0.25) is 0 Å². The van der Waals surface area contributed by atoms with Crippen LogP contribution in [0.2, 0.25) is 0 Å². The normalized spacial score (nSPS) is 11.6. The third-order valence-electron chi connectivity index (χ3n) is 3.12. The van der Waals surface area contributed by atoms with Crippen LogP contribution in [-0.4, -0.2) is 0 Å². The number of nitrogens with two attached hydrogens (primary N) is 1. The topological polar surface area (TPSA) is 39.2 Å². The minimum absolute atomic E-state index is 0.445. The number of furan rings is 1. The zero-order chi connectivity index (χ0) is 11.9. The van der Waals surface area contributed by atoms with Crippen molar-refractivity contribution in [2.45, 2.75) is 40.2 Å². The van der Waals surface area contributed by atoms with Crippen molar-refractivity contribution in [1.82, 2.24) is 0 Å². The Balaban J connectivity index is 2.89. The van der Waals surface area contributed by atoms with Crippen LogP contribution < -0.4 is 5.73 Å². The Hall–Kier alpha value is -1.28. The van der Waals surface area contributed by atoms with Gasteiger partial charge in [0.15, 0.2) is 0 Å². The average molecular weight is 217 g/mol. The van der Waals surface area contributed by atoms with Gasteiger partial charge in [-0.15, -0.1) is 0 Å². The second kappa shape index (κ2) is 3.95. The SMILES string of the molecule is Cc1ccc(C)c2c(C(C)C)c(CN)oc12. The summed E-state index contributed by atoms with van der Waals surface area (Å²) in [6.07, 6.45) is 0. The highest BCUT2D eigenvalue weighted by Crippen LogP contribution is 2.35. The van der Waals surface area contributed by atoms with Gasteiger partial charge in [0.2, 0.25) is 0 Å². The van der Waals surface area contributed by atoms with Gasteiger partial charge in [-0.1, -0.05) is 26.0 Å². The first-order chi connectivity index (χ1) is 7.56. The third-order valence-corrected chi connectivity index (χ3v) is 3.12. The number of hydrogen-bond acceptors (Lipinski definition) is 2. The van der Waals surface area contributed by atoms with E-state index in [1.807, 2.05) is 0 Å². The molecule has 2 aromatic rings. The highest BCUT2D eigenvalue weighted by atomic mass is 16.3. The summed E-state index contributed by atoms with van der Waals surface area (Å²) >= 11 is 0. The van der Waals surface area contributed by atoms with Crippen LogP contribution in [0.15, 0.2) is 16.5 Å². The molecule has 0 saturated heterocycles. The van der Waals surface area contributed by atoms with Crippen LogP contribution in [-0.2, 0) is 6.54 Å². The molecule has 1 aromatic carbocycles. The first-order valence-electron chi connectivity index (χ1n) is 5.77. The van der Waals surface area contributed by atoms with Crippen molar-refractivity contribution in [3.63, 3.8) is 0 Å². The van der Waals surface area contributed by atoms with E-state index in [-0.39, 0.29) is 0 Å². The summed E-state index contributed by atoms with van der Waals surface area (Å²) in [6, 6.07) is 4.25. The smallest absolute Gasteiger partial charge is 0.137 e. The molecule has 0 atom stereocenters. The summed E-state index contributed by atoms with van der Waals surface area (Å²) in [7, 11) is 0. The van der Waals surface area contributed by atoms with E-state index in [0.717, 1.165) is 11.3 Å². The Morgan fingerprint density at radius 3 is 2.38 bits per heavy atom. The molecule has 1 heterocycles. The van der Waals surface area contributed by atoms with Crippen LogP contribution in [0.3, 0.4) is 0 Å². The van der Waals surface area contributed by atoms with Crippen molar-refractivity contribution in [2.24, 2.45) is 5.73 Å². The quantitative estimate of drug-likeness (QED) is 0.834. The summed E-state index contributed by atoms with van der Waals surface area (Å²) in [5, 5.41) is 1.26. The molecule has 16 heavy (non-hydrogen) atoms. The molecule has 0 spiro atoms. The van der Waals surface area contributed by atoms with Crippen molar-refractivity contribution >= 4 is 11.0 Å². The Morgan fingerprint density at radius 1 is 1.19 bits per heavy atom. The molecule has 0 aliphatic carbocycles. The van der Waals surface area contributed by atoms with Gasteiger partial charge in [0.25, 0.3) is 0 Å². The Kier molecular flexibility index (Phi) is 2.76. The molecular formula is C14H19NO. The summed E-state index contributed by atoms with van der Waals surface area (Å²) < 4.78 is 5.90. The van der Waals surface area contributed by atoms with E-state index in [0.29, 0.717) is 12.5 Å². The minimum atomic E-state index is 0.445. The highest BCUT2D eigenvalue weighted by molar-refractivity contribution is 5.88. The molecule has 86 valence electrons. The standard InChI is InChI=1S/C14H19NO/c1-8(2)12-11(7-15)16-14-10(4)6-5-9(3)13(12)14/h5-6,8H,7,15H2,1-4H3. The molecule has 2 rings (SSSR count). The maximum atomic E-state index is 5.90. The average Bonchev–Trinajstić information content (AvgIpc) is 2.64. The molecule has 0 fully saturated rings. The molecule has 2 nitrogen and oxygen atoms in total. The van der Waals surface area contributed by atoms with E-state index in [2.05, 4.69) is 39.8 Å². The largest absolute Gasteiger partial charge is 0.459 e. The lowest BCUT2D eigenvalue weighted by Crippen LogP contribution is -2.00. The van der Waals surface area contributed by atoms with E-state index >= 15 is 0 Å².